The summed E-state index contributed by atoms with van der Waals surface area (Å²) in [5.74, 6) is 0.867. The minimum atomic E-state index is 0.767. The number of thiophene rings is 1. The largest absolute Gasteiger partial charge is 0.383 e. The zero-order valence-electron chi connectivity index (χ0n) is 13.0. The summed E-state index contributed by atoms with van der Waals surface area (Å²) >= 11 is 1.76. The van der Waals surface area contributed by atoms with Crippen LogP contribution in [0.15, 0.2) is 22.5 Å². The van der Waals surface area contributed by atoms with Crippen molar-refractivity contribution in [2.75, 3.05) is 40.4 Å². The molecule has 0 unspecified atom stereocenters. The van der Waals surface area contributed by atoms with Crippen molar-refractivity contribution >= 4 is 17.3 Å². The SMILES string of the molecule is CN=C(NCCN(CCOC)C1CC1)NCc1cccs1. The first-order valence-electron chi connectivity index (χ1n) is 7.53. The molecule has 0 aliphatic heterocycles. The first kappa shape index (κ1) is 16.3. The summed E-state index contributed by atoms with van der Waals surface area (Å²) < 4.78 is 5.18. The van der Waals surface area contributed by atoms with Crippen LogP contribution in [0.4, 0.5) is 0 Å². The highest BCUT2D eigenvalue weighted by atomic mass is 32.1. The Bertz CT molecular complexity index is 417. The Balaban J connectivity index is 1.65. The van der Waals surface area contributed by atoms with E-state index in [0.29, 0.717) is 0 Å². The van der Waals surface area contributed by atoms with Crippen LogP contribution in [-0.4, -0.2) is 57.3 Å². The molecule has 1 saturated carbocycles. The fourth-order valence-electron chi connectivity index (χ4n) is 2.25. The third-order valence-electron chi connectivity index (χ3n) is 3.57. The lowest BCUT2D eigenvalue weighted by atomic mass is 10.4. The molecule has 0 atom stereocenters. The number of hydrogen-bond acceptors (Lipinski definition) is 4. The second-order valence-electron chi connectivity index (χ2n) is 5.19. The predicted molar refractivity (Wildman–Crippen MR) is 89.0 cm³/mol. The average molecular weight is 310 g/mol. The van der Waals surface area contributed by atoms with Crippen molar-refractivity contribution < 1.29 is 4.74 Å². The molecule has 0 saturated heterocycles. The molecule has 1 aliphatic carbocycles. The normalized spacial score (nSPS) is 15.5. The average Bonchev–Trinajstić information content (AvgIpc) is 3.21. The Kier molecular flexibility index (Phi) is 6.99. The highest BCUT2D eigenvalue weighted by Gasteiger charge is 2.28. The minimum absolute atomic E-state index is 0.767. The number of rotatable bonds is 9. The molecule has 0 bridgehead atoms. The van der Waals surface area contributed by atoms with Crippen LogP contribution in [0.5, 0.6) is 0 Å². The summed E-state index contributed by atoms with van der Waals surface area (Å²) in [6, 6.07) is 4.97. The van der Waals surface area contributed by atoms with E-state index in [4.69, 9.17) is 4.74 Å². The van der Waals surface area contributed by atoms with Gasteiger partial charge in [0.2, 0.25) is 0 Å². The van der Waals surface area contributed by atoms with E-state index in [0.717, 1.165) is 44.8 Å². The second kappa shape index (κ2) is 9.02. The van der Waals surface area contributed by atoms with Crippen LogP contribution in [0.25, 0.3) is 0 Å². The molecular weight excluding hydrogens is 284 g/mol. The number of ether oxygens (including phenoxy) is 1. The standard InChI is InChI=1S/C15H26N4OS/c1-16-15(18-12-14-4-3-11-21-14)17-7-8-19(9-10-20-2)13-5-6-13/h3-4,11,13H,5-10,12H2,1-2H3,(H2,16,17,18). The number of hydrogen-bond donors (Lipinski definition) is 2. The third kappa shape index (κ3) is 6.03. The molecule has 1 aliphatic rings. The first-order chi connectivity index (χ1) is 10.3. The third-order valence-corrected chi connectivity index (χ3v) is 4.45. The molecule has 2 rings (SSSR count). The number of methoxy groups -OCH3 is 1. The Morgan fingerprint density at radius 3 is 2.90 bits per heavy atom. The van der Waals surface area contributed by atoms with Crippen LogP contribution in [0.2, 0.25) is 0 Å². The van der Waals surface area contributed by atoms with Crippen molar-refractivity contribution in [2.24, 2.45) is 4.99 Å². The van der Waals surface area contributed by atoms with Crippen LogP contribution in [0, 0.1) is 0 Å². The Morgan fingerprint density at radius 1 is 1.43 bits per heavy atom. The predicted octanol–water partition coefficient (Wildman–Crippen LogP) is 1.52. The number of nitrogens with zero attached hydrogens (tertiary/aromatic N) is 2. The minimum Gasteiger partial charge on any atom is -0.383 e. The molecular formula is C15H26N4OS. The summed E-state index contributed by atoms with van der Waals surface area (Å²) in [5, 5.41) is 8.82. The van der Waals surface area contributed by atoms with Gasteiger partial charge in [0.05, 0.1) is 13.2 Å². The van der Waals surface area contributed by atoms with E-state index in [1.54, 1.807) is 18.4 Å². The molecule has 6 heteroatoms. The molecule has 0 spiro atoms. The van der Waals surface area contributed by atoms with E-state index < -0.39 is 0 Å². The fourth-order valence-corrected chi connectivity index (χ4v) is 2.89. The van der Waals surface area contributed by atoms with Gasteiger partial charge in [-0.2, -0.15) is 0 Å². The fraction of sp³-hybridized carbons (Fsp3) is 0.667. The Hall–Kier alpha value is -1.11. The van der Waals surface area contributed by atoms with E-state index in [2.05, 4.69) is 38.0 Å². The van der Waals surface area contributed by atoms with Crippen LogP contribution in [-0.2, 0) is 11.3 Å². The van der Waals surface area contributed by atoms with Crippen molar-refractivity contribution in [1.82, 2.24) is 15.5 Å². The van der Waals surface area contributed by atoms with Crippen molar-refractivity contribution in [3.8, 4) is 0 Å². The summed E-state index contributed by atoms with van der Waals surface area (Å²) in [6.45, 7) is 4.59. The number of nitrogens with one attached hydrogen (secondary N) is 2. The second-order valence-corrected chi connectivity index (χ2v) is 6.22. The van der Waals surface area contributed by atoms with Crippen molar-refractivity contribution in [2.45, 2.75) is 25.4 Å². The van der Waals surface area contributed by atoms with Gasteiger partial charge in [0.1, 0.15) is 0 Å². The van der Waals surface area contributed by atoms with Crippen LogP contribution < -0.4 is 10.6 Å². The topological polar surface area (TPSA) is 48.9 Å². The van der Waals surface area contributed by atoms with E-state index in [1.807, 2.05) is 7.05 Å². The van der Waals surface area contributed by atoms with Crippen LogP contribution in [0.1, 0.15) is 17.7 Å². The highest BCUT2D eigenvalue weighted by Crippen LogP contribution is 2.25. The van der Waals surface area contributed by atoms with Gasteiger partial charge in [0, 0.05) is 44.7 Å². The van der Waals surface area contributed by atoms with Gasteiger partial charge in [-0.25, -0.2) is 0 Å². The lowest BCUT2D eigenvalue weighted by Crippen LogP contribution is -2.42. The maximum absolute atomic E-state index is 5.18. The zero-order valence-corrected chi connectivity index (χ0v) is 13.8. The molecule has 0 radical (unpaired) electrons. The van der Waals surface area contributed by atoms with E-state index in [1.165, 1.54) is 17.7 Å². The summed E-state index contributed by atoms with van der Waals surface area (Å²) in [5.41, 5.74) is 0. The smallest absolute Gasteiger partial charge is 0.191 e. The van der Waals surface area contributed by atoms with Gasteiger partial charge in [0.15, 0.2) is 5.96 Å². The maximum Gasteiger partial charge on any atom is 0.191 e. The molecule has 1 heterocycles. The Labute approximate surface area is 131 Å². The zero-order chi connectivity index (χ0) is 14.9. The van der Waals surface area contributed by atoms with Crippen LogP contribution in [0.3, 0.4) is 0 Å². The molecule has 0 aromatic carbocycles. The molecule has 0 amide bonds. The van der Waals surface area contributed by atoms with Gasteiger partial charge < -0.3 is 15.4 Å². The van der Waals surface area contributed by atoms with Gasteiger partial charge in [0.25, 0.3) is 0 Å². The van der Waals surface area contributed by atoms with Gasteiger partial charge in [-0.15, -0.1) is 11.3 Å². The monoisotopic (exact) mass is 310 g/mol. The number of aliphatic imine (C=N–C) groups is 1. The maximum atomic E-state index is 5.18. The van der Waals surface area contributed by atoms with E-state index in [9.17, 15) is 0 Å². The Morgan fingerprint density at radius 2 is 2.29 bits per heavy atom. The summed E-state index contributed by atoms with van der Waals surface area (Å²) in [6.07, 6.45) is 2.66. The van der Waals surface area contributed by atoms with E-state index >= 15 is 0 Å². The lowest BCUT2D eigenvalue weighted by molar-refractivity contribution is 0.144. The van der Waals surface area contributed by atoms with Gasteiger partial charge in [-0.3, -0.25) is 9.89 Å². The molecule has 1 fully saturated rings. The van der Waals surface area contributed by atoms with Gasteiger partial charge >= 0.3 is 0 Å². The van der Waals surface area contributed by atoms with Crippen LogP contribution >= 0.6 is 11.3 Å². The van der Waals surface area contributed by atoms with Crippen molar-refractivity contribution in [3.05, 3.63) is 22.4 Å². The van der Waals surface area contributed by atoms with Gasteiger partial charge in [-0.1, -0.05) is 6.07 Å². The highest BCUT2D eigenvalue weighted by molar-refractivity contribution is 7.09. The quantitative estimate of drug-likeness (QED) is 0.536. The molecule has 21 heavy (non-hydrogen) atoms. The number of guanidine groups is 1. The van der Waals surface area contributed by atoms with E-state index in [-0.39, 0.29) is 0 Å². The molecule has 1 aromatic heterocycles. The van der Waals surface area contributed by atoms with Gasteiger partial charge in [-0.05, 0) is 24.3 Å². The molecule has 118 valence electrons. The first-order valence-corrected chi connectivity index (χ1v) is 8.41. The van der Waals surface area contributed by atoms with Crippen molar-refractivity contribution in [3.63, 3.8) is 0 Å². The lowest BCUT2D eigenvalue weighted by Gasteiger charge is -2.22. The molecule has 5 nitrogen and oxygen atoms in total. The summed E-state index contributed by atoms with van der Waals surface area (Å²) in [7, 11) is 3.58. The van der Waals surface area contributed by atoms with Crippen molar-refractivity contribution in [1.29, 1.82) is 0 Å². The molecule has 1 aromatic rings. The summed E-state index contributed by atoms with van der Waals surface area (Å²) in [4.78, 5) is 8.08. The molecule has 2 N–H and O–H groups in total.